The SMILES string of the molecule is CNC(C)CN1C(=O)CCCC1C(C)C. The lowest BCUT2D eigenvalue weighted by Gasteiger charge is -2.39. The van der Waals surface area contributed by atoms with Crippen molar-refractivity contribution >= 4 is 5.91 Å². The van der Waals surface area contributed by atoms with Gasteiger partial charge in [-0.1, -0.05) is 13.8 Å². The van der Waals surface area contributed by atoms with Crippen molar-refractivity contribution in [1.82, 2.24) is 10.2 Å². The molecule has 3 heteroatoms. The summed E-state index contributed by atoms with van der Waals surface area (Å²) in [5.74, 6) is 0.903. The van der Waals surface area contributed by atoms with Gasteiger partial charge in [0.2, 0.25) is 5.91 Å². The third kappa shape index (κ3) is 3.20. The van der Waals surface area contributed by atoms with E-state index in [1.807, 2.05) is 7.05 Å². The second-order valence-electron chi connectivity index (χ2n) is 4.94. The highest BCUT2D eigenvalue weighted by Crippen LogP contribution is 2.23. The Labute approximate surface area is 93.2 Å². The number of nitrogens with zero attached hydrogens (tertiary/aromatic N) is 1. The largest absolute Gasteiger partial charge is 0.338 e. The van der Waals surface area contributed by atoms with E-state index in [0.717, 1.165) is 19.4 Å². The fourth-order valence-corrected chi connectivity index (χ4v) is 2.26. The van der Waals surface area contributed by atoms with E-state index in [0.29, 0.717) is 23.9 Å². The van der Waals surface area contributed by atoms with Crippen LogP contribution in [-0.2, 0) is 4.79 Å². The van der Waals surface area contributed by atoms with E-state index in [-0.39, 0.29) is 0 Å². The Morgan fingerprint density at radius 1 is 1.47 bits per heavy atom. The van der Waals surface area contributed by atoms with Crippen molar-refractivity contribution in [2.45, 2.75) is 52.1 Å². The topological polar surface area (TPSA) is 32.3 Å². The Hall–Kier alpha value is -0.570. The second kappa shape index (κ2) is 5.50. The molecule has 1 rings (SSSR count). The quantitative estimate of drug-likeness (QED) is 0.768. The first-order chi connectivity index (χ1) is 7.06. The van der Waals surface area contributed by atoms with Crippen LogP contribution in [0, 0.1) is 5.92 Å². The van der Waals surface area contributed by atoms with Gasteiger partial charge in [-0.05, 0) is 32.7 Å². The summed E-state index contributed by atoms with van der Waals surface area (Å²) in [4.78, 5) is 13.9. The van der Waals surface area contributed by atoms with E-state index in [1.165, 1.54) is 6.42 Å². The first-order valence-electron chi connectivity index (χ1n) is 6.03. The zero-order valence-electron chi connectivity index (χ0n) is 10.4. The van der Waals surface area contributed by atoms with Crippen LogP contribution in [0.25, 0.3) is 0 Å². The molecular formula is C12H24N2O. The van der Waals surface area contributed by atoms with Crippen LogP contribution in [0.2, 0.25) is 0 Å². The number of likely N-dealkylation sites (N-methyl/N-ethyl adjacent to an activating group) is 1. The third-order valence-corrected chi connectivity index (χ3v) is 3.34. The van der Waals surface area contributed by atoms with Gasteiger partial charge in [-0.15, -0.1) is 0 Å². The Morgan fingerprint density at radius 3 is 2.67 bits per heavy atom. The average Bonchev–Trinajstić information content (AvgIpc) is 2.20. The van der Waals surface area contributed by atoms with E-state index in [4.69, 9.17) is 0 Å². The highest BCUT2D eigenvalue weighted by molar-refractivity contribution is 5.77. The summed E-state index contributed by atoms with van der Waals surface area (Å²) < 4.78 is 0. The minimum atomic E-state index is 0.335. The smallest absolute Gasteiger partial charge is 0.222 e. The zero-order valence-corrected chi connectivity index (χ0v) is 10.4. The second-order valence-corrected chi connectivity index (χ2v) is 4.94. The van der Waals surface area contributed by atoms with Gasteiger partial charge in [-0.2, -0.15) is 0 Å². The molecule has 1 aliphatic heterocycles. The lowest BCUT2D eigenvalue weighted by Crippen LogP contribution is -2.50. The Kier molecular flexibility index (Phi) is 4.58. The molecule has 15 heavy (non-hydrogen) atoms. The Balaban J connectivity index is 2.64. The number of nitrogens with one attached hydrogen (secondary N) is 1. The highest BCUT2D eigenvalue weighted by Gasteiger charge is 2.30. The summed E-state index contributed by atoms with van der Waals surface area (Å²) in [6.07, 6.45) is 2.96. The molecule has 0 spiro atoms. The maximum atomic E-state index is 11.9. The van der Waals surface area contributed by atoms with Crippen LogP contribution in [-0.4, -0.2) is 36.5 Å². The number of piperidine rings is 1. The molecule has 0 aromatic carbocycles. The standard InChI is InChI=1S/C12H24N2O/c1-9(2)11-6-5-7-12(15)14(11)8-10(3)13-4/h9-11,13H,5-8H2,1-4H3. The van der Waals surface area contributed by atoms with Gasteiger partial charge < -0.3 is 10.2 Å². The van der Waals surface area contributed by atoms with E-state index in [9.17, 15) is 4.79 Å². The molecule has 1 N–H and O–H groups in total. The summed E-state index contributed by atoms with van der Waals surface area (Å²) in [6, 6.07) is 0.829. The van der Waals surface area contributed by atoms with E-state index in [2.05, 4.69) is 31.0 Å². The Morgan fingerprint density at radius 2 is 2.13 bits per heavy atom. The molecule has 0 bridgehead atoms. The number of hydrogen-bond acceptors (Lipinski definition) is 2. The maximum absolute atomic E-state index is 11.9. The molecule has 1 saturated heterocycles. The van der Waals surface area contributed by atoms with Crippen LogP contribution in [0.15, 0.2) is 0 Å². The van der Waals surface area contributed by atoms with Gasteiger partial charge in [0.1, 0.15) is 0 Å². The van der Waals surface area contributed by atoms with Gasteiger partial charge in [0, 0.05) is 25.0 Å². The van der Waals surface area contributed by atoms with Crippen LogP contribution in [0.5, 0.6) is 0 Å². The zero-order chi connectivity index (χ0) is 11.4. The van der Waals surface area contributed by atoms with Crippen molar-refractivity contribution < 1.29 is 4.79 Å². The fraction of sp³-hybridized carbons (Fsp3) is 0.917. The van der Waals surface area contributed by atoms with Gasteiger partial charge >= 0.3 is 0 Å². The Bertz CT molecular complexity index is 216. The van der Waals surface area contributed by atoms with Crippen molar-refractivity contribution in [3.8, 4) is 0 Å². The molecule has 1 fully saturated rings. The average molecular weight is 212 g/mol. The number of carbonyl (C=O) groups is 1. The molecule has 1 heterocycles. The molecule has 0 saturated carbocycles. The van der Waals surface area contributed by atoms with Crippen molar-refractivity contribution in [2.24, 2.45) is 5.92 Å². The normalized spacial score (nSPS) is 24.7. The van der Waals surface area contributed by atoms with Gasteiger partial charge in [-0.3, -0.25) is 4.79 Å². The van der Waals surface area contributed by atoms with Crippen LogP contribution < -0.4 is 5.32 Å². The number of likely N-dealkylation sites (tertiary alicyclic amines) is 1. The van der Waals surface area contributed by atoms with Crippen molar-refractivity contribution in [3.05, 3.63) is 0 Å². The predicted octanol–water partition coefficient (Wildman–Crippen LogP) is 1.63. The van der Waals surface area contributed by atoms with E-state index < -0.39 is 0 Å². The molecule has 2 atom stereocenters. The number of carbonyl (C=O) groups excluding carboxylic acids is 1. The van der Waals surface area contributed by atoms with Gasteiger partial charge in [0.05, 0.1) is 0 Å². The molecule has 0 aliphatic carbocycles. The monoisotopic (exact) mass is 212 g/mol. The minimum Gasteiger partial charge on any atom is -0.338 e. The fourth-order valence-electron chi connectivity index (χ4n) is 2.26. The van der Waals surface area contributed by atoms with Gasteiger partial charge in [0.15, 0.2) is 0 Å². The molecule has 0 aromatic heterocycles. The van der Waals surface area contributed by atoms with Crippen LogP contribution in [0.4, 0.5) is 0 Å². The number of hydrogen-bond donors (Lipinski definition) is 1. The summed E-state index contributed by atoms with van der Waals surface area (Å²) in [7, 11) is 1.95. The maximum Gasteiger partial charge on any atom is 0.222 e. The van der Waals surface area contributed by atoms with Crippen molar-refractivity contribution in [1.29, 1.82) is 0 Å². The highest BCUT2D eigenvalue weighted by atomic mass is 16.2. The summed E-state index contributed by atoms with van der Waals surface area (Å²) in [5.41, 5.74) is 0. The van der Waals surface area contributed by atoms with Crippen molar-refractivity contribution in [3.63, 3.8) is 0 Å². The molecule has 0 aromatic rings. The molecule has 3 nitrogen and oxygen atoms in total. The van der Waals surface area contributed by atoms with Gasteiger partial charge in [0.25, 0.3) is 0 Å². The van der Waals surface area contributed by atoms with Gasteiger partial charge in [-0.25, -0.2) is 0 Å². The lowest BCUT2D eigenvalue weighted by atomic mass is 9.92. The molecule has 88 valence electrons. The summed E-state index contributed by atoms with van der Waals surface area (Å²) in [5, 5.41) is 3.20. The van der Waals surface area contributed by atoms with Crippen LogP contribution >= 0.6 is 0 Å². The molecular weight excluding hydrogens is 188 g/mol. The molecule has 0 radical (unpaired) electrons. The summed E-state index contributed by atoms with van der Waals surface area (Å²) in [6.45, 7) is 7.39. The molecule has 1 aliphatic rings. The summed E-state index contributed by atoms with van der Waals surface area (Å²) >= 11 is 0. The number of amides is 1. The van der Waals surface area contributed by atoms with Crippen molar-refractivity contribution in [2.75, 3.05) is 13.6 Å². The first-order valence-corrected chi connectivity index (χ1v) is 6.03. The predicted molar refractivity (Wildman–Crippen MR) is 62.7 cm³/mol. The number of rotatable bonds is 4. The van der Waals surface area contributed by atoms with Crippen LogP contribution in [0.1, 0.15) is 40.0 Å². The lowest BCUT2D eigenvalue weighted by molar-refractivity contribution is -0.138. The minimum absolute atomic E-state index is 0.335. The molecule has 2 unspecified atom stereocenters. The third-order valence-electron chi connectivity index (χ3n) is 3.34. The van der Waals surface area contributed by atoms with E-state index in [1.54, 1.807) is 0 Å². The first kappa shape index (κ1) is 12.5. The van der Waals surface area contributed by atoms with E-state index >= 15 is 0 Å². The van der Waals surface area contributed by atoms with Crippen LogP contribution in [0.3, 0.4) is 0 Å². The molecule has 1 amide bonds.